The average molecular weight is 357 g/mol. The number of hydrogen-bond acceptors (Lipinski definition) is 6. The molecule has 3 fully saturated rings. The van der Waals surface area contributed by atoms with Gasteiger partial charge >= 0.3 is 0 Å². The van der Waals surface area contributed by atoms with Gasteiger partial charge in [0.25, 0.3) is 0 Å². The van der Waals surface area contributed by atoms with Gasteiger partial charge in [0.15, 0.2) is 0 Å². The van der Waals surface area contributed by atoms with Crippen LogP contribution in [-0.2, 0) is 10.2 Å². The summed E-state index contributed by atoms with van der Waals surface area (Å²) < 4.78 is 0. The molecule has 0 aromatic carbocycles. The first kappa shape index (κ1) is 16.4. The second-order valence-corrected chi connectivity index (χ2v) is 8.38. The minimum atomic E-state index is -0.389. The normalized spacial score (nSPS) is 30.1. The van der Waals surface area contributed by atoms with E-state index in [1.54, 1.807) is 0 Å². The molecule has 7 heteroatoms. The zero-order valence-electron chi connectivity index (χ0n) is 15.1. The van der Waals surface area contributed by atoms with Crippen LogP contribution in [0, 0.1) is 0 Å². The van der Waals surface area contributed by atoms with E-state index in [2.05, 4.69) is 20.9 Å². The van der Waals surface area contributed by atoms with Crippen molar-refractivity contribution in [1.29, 1.82) is 0 Å². The smallest absolute Gasteiger partial charge is 0.236 e. The number of fused-ring (bicyclic) bond motifs is 2. The molecule has 4 aliphatic rings. The third-order valence-corrected chi connectivity index (χ3v) is 6.54. The van der Waals surface area contributed by atoms with Gasteiger partial charge in [-0.2, -0.15) is 4.98 Å². The van der Waals surface area contributed by atoms with Gasteiger partial charge in [-0.05, 0) is 58.0 Å². The van der Waals surface area contributed by atoms with E-state index >= 15 is 0 Å². The maximum atomic E-state index is 12.6. The van der Waals surface area contributed by atoms with Gasteiger partial charge in [0.1, 0.15) is 5.82 Å². The van der Waals surface area contributed by atoms with Crippen LogP contribution in [-0.4, -0.2) is 46.2 Å². The van der Waals surface area contributed by atoms with E-state index in [0.29, 0.717) is 17.8 Å². The molecule has 0 unspecified atom stereocenters. The molecule has 3 heterocycles. The minimum absolute atomic E-state index is 0.0819. The van der Waals surface area contributed by atoms with Crippen LogP contribution >= 0.6 is 0 Å². The first-order chi connectivity index (χ1) is 12.7. The third kappa shape index (κ3) is 2.68. The van der Waals surface area contributed by atoms with E-state index in [1.807, 2.05) is 0 Å². The fourth-order valence-corrected chi connectivity index (χ4v) is 4.90. The number of aliphatic hydroxyl groups is 1. The number of nitrogens with zero attached hydrogens (tertiary/aromatic N) is 2. The quantitative estimate of drug-likeness (QED) is 0.656. The zero-order valence-corrected chi connectivity index (χ0v) is 15.1. The van der Waals surface area contributed by atoms with Crippen molar-refractivity contribution in [2.24, 2.45) is 0 Å². The lowest BCUT2D eigenvalue weighted by atomic mass is 9.81. The zero-order chi connectivity index (χ0) is 17.7. The summed E-state index contributed by atoms with van der Waals surface area (Å²) >= 11 is 0. The number of aromatic nitrogens is 2. The summed E-state index contributed by atoms with van der Waals surface area (Å²) in [7, 11) is 0. The fraction of sp³-hybridized carbons (Fsp3) is 0.737. The summed E-state index contributed by atoms with van der Waals surface area (Å²) in [6, 6.07) is 0.367. The van der Waals surface area contributed by atoms with Crippen molar-refractivity contribution in [1.82, 2.24) is 15.3 Å². The number of hydrogen-bond donors (Lipinski definition) is 4. The Morgan fingerprint density at radius 3 is 2.65 bits per heavy atom. The molecular weight excluding hydrogens is 330 g/mol. The van der Waals surface area contributed by atoms with Crippen LogP contribution in [0.5, 0.6) is 0 Å². The highest BCUT2D eigenvalue weighted by Gasteiger charge is 2.59. The number of carbonyl (C=O) groups excluding carboxylic acids is 1. The van der Waals surface area contributed by atoms with Gasteiger partial charge in [-0.3, -0.25) is 4.79 Å². The molecule has 2 saturated carbocycles. The molecule has 0 bridgehead atoms. The molecule has 4 N–H and O–H groups in total. The van der Waals surface area contributed by atoms with Gasteiger partial charge in [0, 0.05) is 17.5 Å². The molecular formula is C19H27N5O2. The van der Waals surface area contributed by atoms with E-state index < -0.39 is 0 Å². The third-order valence-electron chi connectivity index (χ3n) is 6.54. The molecule has 26 heavy (non-hydrogen) atoms. The largest absolute Gasteiger partial charge is 0.393 e. The summed E-state index contributed by atoms with van der Waals surface area (Å²) in [5.41, 5.74) is 1.64. The Labute approximate surface area is 153 Å². The number of piperidine rings is 1. The molecule has 140 valence electrons. The number of rotatable bonds is 3. The summed E-state index contributed by atoms with van der Waals surface area (Å²) in [5, 5.41) is 20.0. The highest BCUT2D eigenvalue weighted by molar-refractivity contribution is 6.08. The highest BCUT2D eigenvalue weighted by atomic mass is 16.3. The number of carbonyl (C=O) groups is 1. The van der Waals surface area contributed by atoms with Crippen molar-refractivity contribution in [3.05, 3.63) is 11.3 Å². The Morgan fingerprint density at radius 1 is 1.12 bits per heavy atom. The van der Waals surface area contributed by atoms with E-state index in [4.69, 9.17) is 4.98 Å². The van der Waals surface area contributed by atoms with Crippen LogP contribution in [0.1, 0.15) is 68.5 Å². The van der Waals surface area contributed by atoms with Gasteiger partial charge in [-0.1, -0.05) is 6.42 Å². The maximum absolute atomic E-state index is 12.6. The van der Waals surface area contributed by atoms with E-state index in [1.165, 1.54) is 0 Å². The van der Waals surface area contributed by atoms with Crippen LogP contribution in [0.2, 0.25) is 0 Å². The van der Waals surface area contributed by atoms with Gasteiger partial charge < -0.3 is 21.1 Å². The highest BCUT2D eigenvalue weighted by Crippen LogP contribution is 2.57. The Hall–Kier alpha value is -1.73. The van der Waals surface area contributed by atoms with Crippen molar-refractivity contribution in [3.63, 3.8) is 0 Å². The van der Waals surface area contributed by atoms with Gasteiger partial charge in [0.2, 0.25) is 11.9 Å². The molecule has 1 saturated heterocycles. The Morgan fingerprint density at radius 2 is 1.92 bits per heavy atom. The second kappa shape index (κ2) is 6.16. The van der Waals surface area contributed by atoms with Gasteiger partial charge in [-0.15, -0.1) is 0 Å². The number of amides is 1. The lowest BCUT2D eigenvalue weighted by Gasteiger charge is -2.28. The molecule has 1 aromatic heterocycles. The molecule has 2 atom stereocenters. The van der Waals surface area contributed by atoms with Crippen LogP contribution in [0.15, 0.2) is 0 Å². The summed E-state index contributed by atoms with van der Waals surface area (Å²) in [4.78, 5) is 22.2. The SMILES string of the molecule is O=C1Nc2nc(NC3CCNCC3)nc([C@@H]3CCC[C@@H](O)C3)c2C12CC2. The summed E-state index contributed by atoms with van der Waals surface area (Å²) in [6.45, 7) is 2.01. The summed E-state index contributed by atoms with van der Waals surface area (Å²) in [5.74, 6) is 1.63. The Kier molecular flexibility index (Phi) is 3.90. The standard InChI is InChI=1S/C19H27N5O2/c25-13-3-1-2-11(10-13)15-14-16(23-17(26)19(14)6-7-19)24-18(22-15)21-12-4-8-20-9-5-12/h11-13,20,25H,1-10H2,(H2,21,22,23,24,26)/t11-,13-/m1/s1. The number of aliphatic hydroxyl groups excluding tert-OH is 1. The molecule has 1 amide bonds. The average Bonchev–Trinajstić information content (AvgIpc) is 3.38. The molecule has 1 spiro atoms. The van der Waals surface area contributed by atoms with Gasteiger partial charge in [-0.25, -0.2) is 4.98 Å². The molecule has 1 aromatic rings. The van der Waals surface area contributed by atoms with E-state index in [0.717, 1.165) is 75.7 Å². The van der Waals surface area contributed by atoms with Crippen molar-refractivity contribution >= 4 is 17.7 Å². The fourth-order valence-electron chi connectivity index (χ4n) is 4.90. The monoisotopic (exact) mass is 357 g/mol. The molecule has 0 radical (unpaired) electrons. The molecule has 2 aliphatic carbocycles. The van der Waals surface area contributed by atoms with Crippen LogP contribution < -0.4 is 16.0 Å². The van der Waals surface area contributed by atoms with E-state index in [-0.39, 0.29) is 23.3 Å². The van der Waals surface area contributed by atoms with Crippen LogP contribution in [0.4, 0.5) is 11.8 Å². The van der Waals surface area contributed by atoms with Crippen molar-refractivity contribution < 1.29 is 9.90 Å². The predicted octanol–water partition coefficient (Wildman–Crippen LogP) is 1.64. The first-order valence-corrected chi connectivity index (χ1v) is 10.0. The second-order valence-electron chi connectivity index (χ2n) is 8.38. The number of anilines is 2. The van der Waals surface area contributed by atoms with E-state index in [9.17, 15) is 9.90 Å². The maximum Gasteiger partial charge on any atom is 0.236 e. The van der Waals surface area contributed by atoms with Crippen molar-refractivity contribution in [2.45, 2.75) is 74.8 Å². The van der Waals surface area contributed by atoms with Crippen molar-refractivity contribution in [3.8, 4) is 0 Å². The first-order valence-electron chi connectivity index (χ1n) is 10.0. The molecule has 5 rings (SSSR count). The number of nitrogens with one attached hydrogen (secondary N) is 3. The minimum Gasteiger partial charge on any atom is -0.393 e. The van der Waals surface area contributed by atoms with Crippen molar-refractivity contribution in [2.75, 3.05) is 23.7 Å². The summed E-state index contributed by atoms with van der Waals surface area (Å²) in [6.07, 6.45) is 7.25. The van der Waals surface area contributed by atoms with Crippen LogP contribution in [0.25, 0.3) is 0 Å². The van der Waals surface area contributed by atoms with Gasteiger partial charge in [0.05, 0.1) is 17.2 Å². The lowest BCUT2D eigenvalue weighted by molar-refractivity contribution is -0.117. The van der Waals surface area contributed by atoms with Crippen LogP contribution in [0.3, 0.4) is 0 Å². The molecule has 2 aliphatic heterocycles. The topological polar surface area (TPSA) is 99.2 Å². The Bertz CT molecular complexity index is 727. The Balaban J connectivity index is 1.51. The lowest BCUT2D eigenvalue weighted by Crippen LogP contribution is -2.36. The predicted molar refractivity (Wildman–Crippen MR) is 98.3 cm³/mol. The molecule has 7 nitrogen and oxygen atoms in total.